The second kappa shape index (κ2) is 6.73. The number of hydrogen-bond donors (Lipinski definition) is 1. The molecular formula is C12H12F2N2O5. The molecule has 1 N–H and O–H groups in total. The summed E-state index contributed by atoms with van der Waals surface area (Å²) < 4.78 is 27.0. The van der Waals surface area contributed by atoms with Gasteiger partial charge in [0.1, 0.15) is 5.82 Å². The molecule has 0 spiro atoms. The number of carboxylic acids is 1. The maximum Gasteiger partial charge on any atom is 0.308 e. The molecule has 0 atom stereocenters. The highest BCUT2D eigenvalue weighted by atomic mass is 19.1. The minimum atomic E-state index is -1.42. The van der Waals surface area contributed by atoms with Gasteiger partial charge in [0.05, 0.1) is 16.6 Å². The minimum Gasteiger partial charge on any atom is -0.481 e. The molecule has 0 saturated carbocycles. The molecule has 1 amide bonds. The fourth-order valence-corrected chi connectivity index (χ4v) is 1.64. The number of amides is 1. The van der Waals surface area contributed by atoms with Gasteiger partial charge in [-0.25, -0.2) is 4.39 Å². The van der Waals surface area contributed by atoms with Gasteiger partial charge in [0, 0.05) is 20.0 Å². The smallest absolute Gasteiger partial charge is 0.308 e. The summed E-state index contributed by atoms with van der Waals surface area (Å²) in [7, 11) is 1.26. The van der Waals surface area contributed by atoms with Crippen LogP contribution < -0.4 is 0 Å². The topological polar surface area (TPSA) is 101 Å². The monoisotopic (exact) mass is 302 g/mol. The molecule has 9 heteroatoms. The molecule has 114 valence electrons. The molecule has 0 heterocycles. The molecule has 0 saturated heterocycles. The first-order valence-electron chi connectivity index (χ1n) is 5.84. The summed E-state index contributed by atoms with van der Waals surface area (Å²) in [6, 6.07) is 0.953. The Hall–Kier alpha value is -2.58. The summed E-state index contributed by atoms with van der Waals surface area (Å²) in [5, 5.41) is 19.0. The van der Waals surface area contributed by atoms with Crippen LogP contribution >= 0.6 is 0 Å². The molecule has 1 rings (SSSR count). The van der Waals surface area contributed by atoms with Crippen molar-refractivity contribution >= 4 is 17.6 Å². The Balaban J connectivity index is 2.96. The first-order valence-corrected chi connectivity index (χ1v) is 5.84. The van der Waals surface area contributed by atoms with E-state index in [1.54, 1.807) is 0 Å². The summed E-state index contributed by atoms with van der Waals surface area (Å²) >= 11 is 0. The SMILES string of the molecule is CN(CCCC(=O)O)C(=O)c1cc(F)cc([N+](=O)[O-])c1F. The number of carboxylic acid groups (broad SMARTS) is 1. The van der Waals surface area contributed by atoms with Crippen LogP contribution in [0.2, 0.25) is 0 Å². The van der Waals surface area contributed by atoms with Gasteiger partial charge in [0.15, 0.2) is 0 Å². The molecule has 0 bridgehead atoms. The maximum atomic E-state index is 13.8. The van der Waals surface area contributed by atoms with E-state index in [0.29, 0.717) is 12.1 Å². The summed E-state index contributed by atoms with van der Waals surface area (Å²) in [6.45, 7) is -0.00508. The summed E-state index contributed by atoms with van der Waals surface area (Å²) in [6.07, 6.45) is -0.0694. The predicted octanol–water partition coefficient (Wildman–Crippen LogP) is 1.81. The van der Waals surface area contributed by atoms with Gasteiger partial charge in [-0.1, -0.05) is 0 Å². The number of carbonyl (C=O) groups excluding carboxylic acids is 1. The molecule has 0 aliphatic heterocycles. The van der Waals surface area contributed by atoms with Crippen molar-refractivity contribution in [3.8, 4) is 0 Å². The third-order valence-corrected chi connectivity index (χ3v) is 2.68. The normalized spacial score (nSPS) is 10.2. The van der Waals surface area contributed by atoms with E-state index >= 15 is 0 Å². The van der Waals surface area contributed by atoms with Crippen molar-refractivity contribution < 1.29 is 28.4 Å². The van der Waals surface area contributed by atoms with Crippen molar-refractivity contribution in [3.63, 3.8) is 0 Å². The van der Waals surface area contributed by atoms with E-state index < -0.39 is 39.7 Å². The fraction of sp³-hybridized carbons (Fsp3) is 0.333. The molecule has 0 radical (unpaired) electrons. The lowest BCUT2D eigenvalue weighted by Crippen LogP contribution is -2.29. The lowest BCUT2D eigenvalue weighted by molar-refractivity contribution is -0.387. The molecular weight excluding hydrogens is 290 g/mol. The lowest BCUT2D eigenvalue weighted by Gasteiger charge is -2.17. The summed E-state index contributed by atoms with van der Waals surface area (Å²) in [5.41, 5.74) is -1.89. The highest BCUT2D eigenvalue weighted by Gasteiger charge is 2.25. The first-order chi connectivity index (χ1) is 9.73. The van der Waals surface area contributed by atoms with Gasteiger partial charge < -0.3 is 10.0 Å². The number of benzene rings is 1. The van der Waals surface area contributed by atoms with Crippen LogP contribution in [0, 0.1) is 21.7 Å². The highest BCUT2D eigenvalue weighted by molar-refractivity contribution is 5.95. The van der Waals surface area contributed by atoms with Crippen LogP contribution in [0.15, 0.2) is 12.1 Å². The third kappa shape index (κ3) is 4.20. The molecule has 21 heavy (non-hydrogen) atoms. The molecule has 0 fully saturated rings. The molecule has 1 aromatic rings. The number of nitro groups is 1. The van der Waals surface area contributed by atoms with Crippen molar-refractivity contribution in [2.45, 2.75) is 12.8 Å². The van der Waals surface area contributed by atoms with Crippen LogP contribution in [-0.4, -0.2) is 40.4 Å². The zero-order chi connectivity index (χ0) is 16.2. The van der Waals surface area contributed by atoms with E-state index in [1.807, 2.05) is 0 Å². The molecule has 7 nitrogen and oxygen atoms in total. The van der Waals surface area contributed by atoms with Crippen LogP contribution in [0.4, 0.5) is 14.5 Å². The van der Waals surface area contributed by atoms with Gasteiger partial charge in [-0.05, 0) is 12.5 Å². The number of nitrogens with zero attached hydrogens (tertiary/aromatic N) is 2. The number of carbonyl (C=O) groups is 2. The number of aliphatic carboxylic acids is 1. The average Bonchev–Trinajstić information content (AvgIpc) is 2.39. The lowest BCUT2D eigenvalue weighted by atomic mass is 10.1. The minimum absolute atomic E-state index is 0.00508. The van der Waals surface area contributed by atoms with E-state index in [2.05, 4.69) is 0 Å². The molecule has 0 aromatic heterocycles. The number of halogens is 2. The van der Waals surface area contributed by atoms with E-state index in [-0.39, 0.29) is 19.4 Å². The van der Waals surface area contributed by atoms with Gasteiger partial charge in [0.25, 0.3) is 5.91 Å². The Kier molecular flexibility index (Phi) is 5.28. The van der Waals surface area contributed by atoms with Crippen LogP contribution in [0.5, 0.6) is 0 Å². The molecule has 0 aliphatic carbocycles. The first kappa shape index (κ1) is 16.5. The van der Waals surface area contributed by atoms with Crippen molar-refractivity contribution in [1.82, 2.24) is 4.90 Å². The zero-order valence-corrected chi connectivity index (χ0v) is 11.0. The van der Waals surface area contributed by atoms with Crippen molar-refractivity contribution in [2.75, 3.05) is 13.6 Å². The van der Waals surface area contributed by atoms with Crippen molar-refractivity contribution in [3.05, 3.63) is 39.4 Å². The third-order valence-electron chi connectivity index (χ3n) is 2.68. The predicted molar refractivity (Wildman–Crippen MR) is 66.8 cm³/mol. The summed E-state index contributed by atoms with van der Waals surface area (Å²) in [4.78, 5) is 32.7. The quantitative estimate of drug-likeness (QED) is 0.638. The van der Waals surface area contributed by atoms with Crippen molar-refractivity contribution in [1.29, 1.82) is 0 Å². The molecule has 1 aromatic carbocycles. The van der Waals surface area contributed by atoms with Gasteiger partial charge in [0.2, 0.25) is 5.82 Å². The Bertz CT molecular complexity index is 591. The Morgan fingerprint density at radius 2 is 2.00 bits per heavy atom. The Morgan fingerprint density at radius 1 is 1.38 bits per heavy atom. The van der Waals surface area contributed by atoms with Gasteiger partial charge in [-0.3, -0.25) is 19.7 Å². The largest absolute Gasteiger partial charge is 0.481 e. The van der Waals surface area contributed by atoms with Crippen molar-refractivity contribution in [2.24, 2.45) is 0 Å². The number of rotatable bonds is 6. The van der Waals surface area contributed by atoms with E-state index in [0.717, 1.165) is 4.90 Å². The van der Waals surface area contributed by atoms with Gasteiger partial charge in [-0.2, -0.15) is 4.39 Å². The highest BCUT2D eigenvalue weighted by Crippen LogP contribution is 2.23. The Morgan fingerprint density at radius 3 is 2.52 bits per heavy atom. The van der Waals surface area contributed by atoms with Crippen LogP contribution in [0.3, 0.4) is 0 Å². The standard InChI is InChI=1S/C12H12F2N2O5/c1-15(4-2-3-10(17)18)12(19)8-5-7(13)6-9(11(8)14)16(20)21/h5-6H,2-4H2,1H3,(H,17,18). The second-order valence-corrected chi connectivity index (χ2v) is 4.27. The number of nitro benzene ring substituents is 1. The number of hydrogen-bond acceptors (Lipinski definition) is 4. The second-order valence-electron chi connectivity index (χ2n) is 4.27. The van der Waals surface area contributed by atoms with E-state index in [9.17, 15) is 28.5 Å². The van der Waals surface area contributed by atoms with E-state index in [1.165, 1.54) is 7.05 Å². The zero-order valence-electron chi connectivity index (χ0n) is 11.0. The fourth-order valence-electron chi connectivity index (χ4n) is 1.64. The van der Waals surface area contributed by atoms with Crippen LogP contribution in [0.25, 0.3) is 0 Å². The molecule has 0 aliphatic rings. The van der Waals surface area contributed by atoms with Gasteiger partial charge >= 0.3 is 11.7 Å². The van der Waals surface area contributed by atoms with E-state index in [4.69, 9.17) is 5.11 Å². The van der Waals surface area contributed by atoms with Gasteiger partial charge in [-0.15, -0.1) is 0 Å². The van der Waals surface area contributed by atoms with Crippen LogP contribution in [-0.2, 0) is 4.79 Å². The average molecular weight is 302 g/mol. The maximum absolute atomic E-state index is 13.8. The Labute approximate surface area is 117 Å². The van der Waals surface area contributed by atoms with Crippen LogP contribution in [0.1, 0.15) is 23.2 Å². The summed E-state index contributed by atoms with van der Waals surface area (Å²) in [5.74, 6) is -4.54. The molecule has 0 unspecified atom stereocenters.